The summed E-state index contributed by atoms with van der Waals surface area (Å²) in [4.78, 5) is 0. The number of aliphatic hydroxyl groups excluding tert-OH is 1. The molecule has 0 spiro atoms. The van der Waals surface area contributed by atoms with Crippen LogP contribution in [0.15, 0.2) is 54.6 Å². The Morgan fingerprint density at radius 1 is 1.06 bits per heavy atom. The number of hydrogen-bond donors (Lipinski definition) is 1. The number of halogens is 1. The summed E-state index contributed by atoms with van der Waals surface area (Å²) in [6, 6.07) is 17.9. The summed E-state index contributed by atoms with van der Waals surface area (Å²) < 4.78 is 0. The van der Waals surface area contributed by atoms with Crippen LogP contribution in [0, 0.1) is 0 Å². The SMILES string of the molecule is CC(CO)(Cc1ccccc1)c1cccc(Cl)c1. The summed E-state index contributed by atoms with van der Waals surface area (Å²) in [7, 11) is 0. The van der Waals surface area contributed by atoms with Gasteiger partial charge in [0.05, 0.1) is 6.61 Å². The Hall–Kier alpha value is -1.31. The summed E-state index contributed by atoms with van der Waals surface area (Å²) in [6.07, 6.45) is 0.796. The molecule has 0 saturated carbocycles. The lowest BCUT2D eigenvalue weighted by molar-refractivity contribution is 0.204. The van der Waals surface area contributed by atoms with Gasteiger partial charge in [-0.15, -0.1) is 0 Å². The van der Waals surface area contributed by atoms with Crippen LogP contribution in [0.3, 0.4) is 0 Å². The molecule has 2 heteroatoms. The van der Waals surface area contributed by atoms with E-state index < -0.39 is 0 Å². The average molecular weight is 261 g/mol. The highest BCUT2D eigenvalue weighted by molar-refractivity contribution is 6.30. The Morgan fingerprint density at radius 3 is 2.39 bits per heavy atom. The van der Waals surface area contributed by atoms with Crippen molar-refractivity contribution in [2.75, 3.05) is 6.61 Å². The molecule has 18 heavy (non-hydrogen) atoms. The van der Waals surface area contributed by atoms with Crippen LogP contribution in [0.4, 0.5) is 0 Å². The lowest BCUT2D eigenvalue weighted by Gasteiger charge is -2.28. The van der Waals surface area contributed by atoms with Crippen LogP contribution >= 0.6 is 11.6 Å². The molecule has 0 heterocycles. The zero-order valence-corrected chi connectivity index (χ0v) is 11.2. The first-order valence-corrected chi connectivity index (χ1v) is 6.43. The normalized spacial score (nSPS) is 14.2. The maximum absolute atomic E-state index is 9.75. The fraction of sp³-hybridized carbons (Fsp3) is 0.250. The number of benzene rings is 2. The second-order valence-corrected chi connectivity index (χ2v) is 5.33. The molecular formula is C16H17ClO. The molecule has 2 aromatic rings. The van der Waals surface area contributed by atoms with Crippen molar-refractivity contribution in [1.82, 2.24) is 0 Å². The largest absolute Gasteiger partial charge is 0.395 e. The minimum Gasteiger partial charge on any atom is -0.395 e. The van der Waals surface area contributed by atoms with Crippen LogP contribution in [-0.4, -0.2) is 11.7 Å². The fourth-order valence-corrected chi connectivity index (χ4v) is 2.35. The van der Waals surface area contributed by atoms with Gasteiger partial charge in [0.15, 0.2) is 0 Å². The monoisotopic (exact) mass is 260 g/mol. The topological polar surface area (TPSA) is 20.2 Å². The van der Waals surface area contributed by atoms with E-state index in [1.807, 2.05) is 42.5 Å². The van der Waals surface area contributed by atoms with Gasteiger partial charge in [0.1, 0.15) is 0 Å². The molecule has 0 saturated heterocycles. The minimum absolute atomic E-state index is 0.0994. The lowest BCUT2D eigenvalue weighted by Crippen LogP contribution is -2.29. The van der Waals surface area contributed by atoms with E-state index in [9.17, 15) is 5.11 Å². The van der Waals surface area contributed by atoms with Crippen LogP contribution in [0.25, 0.3) is 0 Å². The van der Waals surface area contributed by atoms with Crippen molar-refractivity contribution in [2.24, 2.45) is 0 Å². The third kappa shape index (κ3) is 2.92. The van der Waals surface area contributed by atoms with Crippen molar-refractivity contribution in [2.45, 2.75) is 18.8 Å². The van der Waals surface area contributed by atoms with Crippen LogP contribution in [0.5, 0.6) is 0 Å². The lowest BCUT2D eigenvalue weighted by atomic mass is 9.78. The molecule has 1 N–H and O–H groups in total. The first-order chi connectivity index (χ1) is 8.64. The van der Waals surface area contributed by atoms with Crippen LogP contribution in [0.1, 0.15) is 18.1 Å². The average Bonchev–Trinajstić information content (AvgIpc) is 2.40. The van der Waals surface area contributed by atoms with E-state index in [-0.39, 0.29) is 12.0 Å². The van der Waals surface area contributed by atoms with Crippen LogP contribution < -0.4 is 0 Å². The number of hydrogen-bond acceptors (Lipinski definition) is 1. The molecule has 2 aromatic carbocycles. The molecule has 1 unspecified atom stereocenters. The van der Waals surface area contributed by atoms with E-state index in [2.05, 4.69) is 19.1 Å². The van der Waals surface area contributed by atoms with Crippen molar-refractivity contribution in [3.8, 4) is 0 Å². The van der Waals surface area contributed by atoms with E-state index in [1.54, 1.807) is 0 Å². The van der Waals surface area contributed by atoms with Gasteiger partial charge in [-0.25, -0.2) is 0 Å². The van der Waals surface area contributed by atoms with Crippen molar-refractivity contribution in [3.63, 3.8) is 0 Å². The Kier molecular flexibility index (Phi) is 4.05. The van der Waals surface area contributed by atoms with Gasteiger partial charge in [-0.1, -0.05) is 61.0 Å². The Balaban J connectivity index is 2.31. The molecular weight excluding hydrogens is 244 g/mol. The predicted molar refractivity (Wildman–Crippen MR) is 76.0 cm³/mol. The minimum atomic E-state index is -0.299. The van der Waals surface area contributed by atoms with Gasteiger partial charge in [-0.2, -0.15) is 0 Å². The zero-order chi connectivity index (χ0) is 13.0. The molecule has 0 aromatic heterocycles. The summed E-state index contributed by atoms with van der Waals surface area (Å²) >= 11 is 6.03. The second kappa shape index (κ2) is 5.55. The van der Waals surface area contributed by atoms with Crippen molar-refractivity contribution >= 4 is 11.6 Å². The second-order valence-electron chi connectivity index (χ2n) is 4.89. The van der Waals surface area contributed by atoms with Crippen molar-refractivity contribution < 1.29 is 5.11 Å². The quantitative estimate of drug-likeness (QED) is 0.886. The molecule has 1 atom stereocenters. The molecule has 94 valence electrons. The molecule has 0 radical (unpaired) electrons. The number of aliphatic hydroxyl groups is 1. The van der Waals surface area contributed by atoms with E-state index >= 15 is 0 Å². The molecule has 0 bridgehead atoms. The maximum atomic E-state index is 9.75. The highest BCUT2D eigenvalue weighted by Gasteiger charge is 2.26. The predicted octanol–water partition coefficient (Wildman–Crippen LogP) is 3.83. The molecule has 2 rings (SSSR count). The number of rotatable bonds is 4. The molecule has 0 amide bonds. The Morgan fingerprint density at radius 2 is 1.78 bits per heavy atom. The third-order valence-corrected chi connectivity index (χ3v) is 3.54. The molecule has 0 aliphatic heterocycles. The van der Waals surface area contributed by atoms with Crippen molar-refractivity contribution in [1.29, 1.82) is 0 Å². The van der Waals surface area contributed by atoms with Gasteiger partial charge < -0.3 is 5.11 Å². The van der Waals surface area contributed by atoms with Gasteiger partial charge in [-0.3, -0.25) is 0 Å². The van der Waals surface area contributed by atoms with Gasteiger partial charge in [0.2, 0.25) is 0 Å². The summed E-state index contributed by atoms with van der Waals surface area (Å²) in [5.74, 6) is 0. The highest BCUT2D eigenvalue weighted by atomic mass is 35.5. The smallest absolute Gasteiger partial charge is 0.0528 e. The Labute approximate surface area is 113 Å². The third-order valence-electron chi connectivity index (χ3n) is 3.31. The molecule has 1 nitrogen and oxygen atoms in total. The van der Waals surface area contributed by atoms with Gasteiger partial charge in [-0.05, 0) is 29.7 Å². The van der Waals surface area contributed by atoms with Crippen LogP contribution in [-0.2, 0) is 11.8 Å². The van der Waals surface area contributed by atoms with E-state index in [0.29, 0.717) is 5.02 Å². The molecule has 0 aliphatic carbocycles. The summed E-state index contributed by atoms with van der Waals surface area (Å²) in [5, 5.41) is 10.5. The maximum Gasteiger partial charge on any atom is 0.0528 e. The van der Waals surface area contributed by atoms with E-state index in [4.69, 9.17) is 11.6 Å². The van der Waals surface area contributed by atoms with Crippen LogP contribution in [0.2, 0.25) is 5.02 Å². The van der Waals surface area contributed by atoms with Gasteiger partial charge in [0.25, 0.3) is 0 Å². The fourth-order valence-electron chi connectivity index (χ4n) is 2.16. The van der Waals surface area contributed by atoms with Gasteiger partial charge in [0, 0.05) is 10.4 Å². The van der Waals surface area contributed by atoms with Gasteiger partial charge >= 0.3 is 0 Å². The Bertz CT molecular complexity index is 510. The summed E-state index contributed by atoms with van der Waals surface area (Å²) in [5.41, 5.74) is 1.99. The standard InChI is InChI=1S/C16H17ClO/c1-16(12-18,11-13-6-3-2-4-7-13)14-8-5-9-15(17)10-14/h2-10,18H,11-12H2,1H3. The first kappa shape index (κ1) is 13.1. The first-order valence-electron chi connectivity index (χ1n) is 6.05. The van der Waals surface area contributed by atoms with E-state index in [0.717, 1.165) is 12.0 Å². The van der Waals surface area contributed by atoms with Crippen molar-refractivity contribution in [3.05, 3.63) is 70.7 Å². The molecule has 0 fully saturated rings. The zero-order valence-electron chi connectivity index (χ0n) is 10.4. The summed E-state index contributed by atoms with van der Waals surface area (Å²) in [6.45, 7) is 2.16. The molecule has 0 aliphatic rings. The highest BCUT2D eigenvalue weighted by Crippen LogP contribution is 2.29. The van der Waals surface area contributed by atoms with E-state index in [1.165, 1.54) is 5.56 Å².